The van der Waals surface area contributed by atoms with Gasteiger partial charge in [0.1, 0.15) is 0 Å². The monoisotopic (exact) mass is 505 g/mol. The van der Waals surface area contributed by atoms with Gasteiger partial charge in [0.2, 0.25) is 4.80 Å². The zero-order valence-electron chi connectivity index (χ0n) is 20.5. The largest absolute Gasteiger partial charge is 0.378 e. The Kier molecular flexibility index (Phi) is 7.58. The Balaban J connectivity index is 1.50. The molecule has 5 rings (SSSR count). The number of morpholine rings is 1. The van der Waals surface area contributed by atoms with E-state index < -0.39 is 0 Å². The number of hydrogen-bond donors (Lipinski definition) is 0. The molecule has 1 aromatic heterocycles. The van der Waals surface area contributed by atoms with Crippen molar-refractivity contribution in [2.75, 3.05) is 31.2 Å². The standard InChI is InChI=1S/C27H31N5O3S/c1-20(21-7-11-24(12-8-21)30-15-17-35-18-16-30)29-31-26(22-9-13-25(14-10-22)32(33)34)19-36-27(31)28-23-5-3-2-4-6-23/h7-14,19,23H,2-6,15-18H2,1H3. The van der Waals surface area contributed by atoms with Crippen LogP contribution in [0.15, 0.2) is 64.0 Å². The molecular weight excluding hydrogens is 474 g/mol. The van der Waals surface area contributed by atoms with Gasteiger partial charge in [-0.15, -0.1) is 11.3 Å². The Bertz CT molecular complexity index is 1280. The van der Waals surface area contributed by atoms with E-state index >= 15 is 0 Å². The fraction of sp³-hybridized carbons (Fsp3) is 0.407. The molecule has 2 aliphatic rings. The topological polar surface area (TPSA) is 85.3 Å². The lowest BCUT2D eigenvalue weighted by Gasteiger charge is -2.28. The number of non-ortho nitro benzene ring substituents is 1. The van der Waals surface area contributed by atoms with Crippen LogP contribution in [0.3, 0.4) is 0 Å². The van der Waals surface area contributed by atoms with E-state index in [1.807, 2.05) is 17.0 Å². The molecule has 1 saturated heterocycles. The van der Waals surface area contributed by atoms with Crippen LogP contribution in [0.1, 0.15) is 44.6 Å². The van der Waals surface area contributed by atoms with E-state index in [2.05, 4.69) is 29.2 Å². The molecule has 3 aromatic rings. The summed E-state index contributed by atoms with van der Waals surface area (Å²) in [6.45, 7) is 5.34. The number of nitrogens with zero attached hydrogens (tertiary/aromatic N) is 5. The predicted octanol–water partition coefficient (Wildman–Crippen LogP) is 5.47. The summed E-state index contributed by atoms with van der Waals surface area (Å²) in [7, 11) is 0. The van der Waals surface area contributed by atoms with E-state index in [0.717, 1.165) is 66.5 Å². The molecule has 0 bridgehead atoms. The van der Waals surface area contributed by atoms with Gasteiger partial charge in [-0.1, -0.05) is 31.4 Å². The third-order valence-electron chi connectivity index (χ3n) is 6.84. The molecule has 8 nitrogen and oxygen atoms in total. The van der Waals surface area contributed by atoms with E-state index in [0.29, 0.717) is 6.04 Å². The number of nitro benzene ring substituents is 1. The summed E-state index contributed by atoms with van der Waals surface area (Å²) < 4.78 is 7.38. The molecule has 0 spiro atoms. The predicted molar refractivity (Wildman–Crippen MR) is 144 cm³/mol. The first-order valence-corrected chi connectivity index (χ1v) is 13.4. The van der Waals surface area contributed by atoms with E-state index in [9.17, 15) is 10.1 Å². The van der Waals surface area contributed by atoms with Crippen LogP contribution in [0, 0.1) is 10.1 Å². The lowest BCUT2D eigenvalue weighted by Crippen LogP contribution is -2.36. The van der Waals surface area contributed by atoms with Crippen molar-refractivity contribution in [3.63, 3.8) is 0 Å². The summed E-state index contributed by atoms with van der Waals surface area (Å²) in [5, 5.41) is 18.2. The maximum atomic E-state index is 11.1. The third-order valence-corrected chi connectivity index (χ3v) is 7.67. The number of hydrogen-bond acceptors (Lipinski definition) is 7. The third kappa shape index (κ3) is 5.57. The number of anilines is 1. The highest BCUT2D eigenvalue weighted by molar-refractivity contribution is 7.07. The van der Waals surface area contributed by atoms with Gasteiger partial charge < -0.3 is 9.64 Å². The Morgan fingerprint density at radius 1 is 1.03 bits per heavy atom. The molecule has 2 aromatic carbocycles. The molecule has 0 amide bonds. The Hall–Kier alpha value is -3.30. The van der Waals surface area contributed by atoms with Gasteiger partial charge in [-0.05, 0) is 49.6 Å². The lowest BCUT2D eigenvalue weighted by molar-refractivity contribution is -0.384. The van der Waals surface area contributed by atoms with Crippen LogP contribution < -0.4 is 9.70 Å². The molecule has 0 unspecified atom stereocenters. The zero-order chi connectivity index (χ0) is 24.9. The summed E-state index contributed by atoms with van der Waals surface area (Å²) in [6, 6.07) is 15.5. The van der Waals surface area contributed by atoms with Crippen LogP contribution in [0.2, 0.25) is 0 Å². The van der Waals surface area contributed by atoms with Crippen molar-refractivity contribution in [2.24, 2.45) is 10.1 Å². The van der Waals surface area contributed by atoms with Crippen molar-refractivity contribution in [1.29, 1.82) is 0 Å². The summed E-state index contributed by atoms with van der Waals surface area (Å²) in [5.41, 5.74) is 4.96. The minimum atomic E-state index is -0.377. The maximum Gasteiger partial charge on any atom is 0.269 e. The molecule has 1 saturated carbocycles. The normalized spacial score (nSPS) is 18.0. The summed E-state index contributed by atoms with van der Waals surface area (Å²) in [5.74, 6) is 0. The van der Waals surface area contributed by atoms with Crippen LogP contribution in [0.5, 0.6) is 0 Å². The minimum absolute atomic E-state index is 0.0766. The van der Waals surface area contributed by atoms with Crippen LogP contribution in [-0.4, -0.2) is 47.7 Å². The number of aromatic nitrogens is 1. The summed E-state index contributed by atoms with van der Waals surface area (Å²) in [4.78, 5) is 19.0. The molecule has 0 atom stereocenters. The second kappa shape index (κ2) is 11.2. The van der Waals surface area contributed by atoms with Gasteiger partial charge in [0.25, 0.3) is 5.69 Å². The van der Waals surface area contributed by atoms with Gasteiger partial charge in [-0.2, -0.15) is 5.10 Å². The molecular formula is C27H31N5O3S. The number of benzene rings is 2. The molecule has 1 aliphatic heterocycles. The smallest absolute Gasteiger partial charge is 0.269 e. The van der Waals surface area contributed by atoms with Gasteiger partial charge in [0.15, 0.2) is 0 Å². The number of thiazole rings is 1. The van der Waals surface area contributed by atoms with Crippen molar-refractivity contribution in [3.8, 4) is 11.3 Å². The van der Waals surface area contributed by atoms with Crippen LogP contribution in [-0.2, 0) is 4.74 Å². The van der Waals surface area contributed by atoms with Crippen molar-refractivity contribution in [3.05, 3.63) is 74.4 Å². The van der Waals surface area contributed by atoms with E-state index in [1.165, 1.54) is 37.1 Å². The van der Waals surface area contributed by atoms with Crippen molar-refractivity contribution in [1.82, 2.24) is 4.68 Å². The van der Waals surface area contributed by atoms with Gasteiger partial charge in [-0.3, -0.25) is 15.1 Å². The van der Waals surface area contributed by atoms with E-state index in [-0.39, 0.29) is 10.6 Å². The number of nitro groups is 1. The maximum absolute atomic E-state index is 11.1. The molecule has 2 fully saturated rings. The first-order chi connectivity index (χ1) is 17.6. The number of rotatable bonds is 6. The fourth-order valence-electron chi connectivity index (χ4n) is 4.75. The summed E-state index contributed by atoms with van der Waals surface area (Å²) in [6.07, 6.45) is 5.92. The number of ether oxygens (including phenoxy) is 1. The second-order valence-corrected chi connectivity index (χ2v) is 10.1. The highest BCUT2D eigenvalue weighted by Gasteiger charge is 2.16. The SMILES string of the molecule is CC(=Nn1c(-c2ccc([N+](=O)[O-])cc2)csc1=NC1CCCCC1)c1ccc(N2CCOCC2)cc1. The average molecular weight is 506 g/mol. The highest BCUT2D eigenvalue weighted by Crippen LogP contribution is 2.25. The quantitative estimate of drug-likeness (QED) is 0.253. The molecule has 2 heterocycles. The van der Waals surface area contributed by atoms with Gasteiger partial charge >= 0.3 is 0 Å². The van der Waals surface area contributed by atoms with Crippen molar-refractivity contribution < 1.29 is 9.66 Å². The lowest BCUT2D eigenvalue weighted by atomic mass is 9.96. The molecule has 0 N–H and O–H groups in total. The molecule has 188 valence electrons. The first-order valence-electron chi connectivity index (χ1n) is 12.6. The Morgan fingerprint density at radius 2 is 1.72 bits per heavy atom. The Morgan fingerprint density at radius 3 is 2.39 bits per heavy atom. The van der Waals surface area contributed by atoms with E-state index in [1.54, 1.807) is 23.5 Å². The molecule has 9 heteroatoms. The zero-order valence-corrected chi connectivity index (χ0v) is 21.3. The van der Waals surface area contributed by atoms with Crippen LogP contribution in [0.25, 0.3) is 11.3 Å². The Labute approximate surface area is 214 Å². The highest BCUT2D eigenvalue weighted by atomic mass is 32.1. The average Bonchev–Trinajstić information content (AvgIpc) is 3.31. The van der Waals surface area contributed by atoms with Crippen molar-refractivity contribution >= 4 is 28.4 Å². The summed E-state index contributed by atoms with van der Waals surface area (Å²) >= 11 is 1.57. The molecule has 36 heavy (non-hydrogen) atoms. The van der Waals surface area contributed by atoms with Crippen molar-refractivity contribution in [2.45, 2.75) is 45.1 Å². The second-order valence-electron chi connectivity index (χ2n) is 9.27. The van der Waals surface area contributed by atoms with Gasteiger partial charge in [-0.25, -0.2) is 4.68 Å². The van der Waals surface area contributed by atoms with Gasteiger partial charge in [0, 0.05) is 41.9 Å². The van der Waals surface area contributed by atoms with Gasteiger partial charge in [0.05, 0.1) is 35.6 Å². The molecule has 0 radical (unpaired) electrons. The minimum Gasteiger partial charge on any atom is -0.378 e. The fourth-order valence-corrected chi connectivity index (χ4v) is 5.65. The molecule has 1 aliphatic carbocycles. The van der Waals surface area contributed by atoms with Crippen LogP contribution in [0.4, 0.5) is 11.4 Å². The van der Waals surface area contributed by atoms with E-state index in [4.69, 9.17) is 14.8 Å². The van der Waals surface area contributed by atoms with Crippen LogP contribution >= 0.6 is 11.3 Å². The first kappa shape index (κ1) is 24.4.